The highest BCUT2D eigenvalue weighted by molar-refractivity contribution is 7.99. The number of anilines is 2. The Bertz CT molecular complexity index is 722. The minimum atomic E-state index is -0.195. The van der Waals surface area contributed by atoms with Gasteiger partial charge in [0.05, 0.1) is 22.8 Å². The molecule has 0 bridgehead atoms. The third-order valence-electron chi connectivity index (χ3n) is 3.40. The normalized spacial score (nSPS) is 13.7. The molecule has 1 aliphatic rings. The Morgan fingerprint density at radius 1 is 1.41 bits per heavy atom. The van der Waals surface area contributed by atoms with Gasteiger partial charge in [-0.1, -0.05) is 23.9 Å². The van der Waals surface area contributed by atoms with Gasteiger partial charge in [-0.05, 0) is 26.0 Å². The molecule has 0 radical (unpaired) electrons. The van der Waals surface area contributed by atoms with Crippen molar-refractivity contribution in [3.05, 3.63) is 35.7 Å². The highest BCUT2D eigenvalue weighted by atomic mass is 32.2. The summed E-state index contributed by atoms with van der Waals surface area (Å²) in [5.41, 5.74) is 2.19. The molecule has 0 unspecified atom stereocenters. The maximum Gasteiger partial charge on any atom is 0.256 e. The summed E-state index contributed by atoms with van der Waals surface area (Å²) in [6.45, 7) is 3.72. The van der Waals surface area contributed by atoms with E-state index >= 15 is 0 Å². The second-order valence-electron chi connectivity index (χ2n) is 4.96. The van der Waals surface area contributed by atoms with Crippen LogP contribution < -0.4 is 10.2 Å². The van der Waals surface area contributed by atoms with Gasteiger partial charge in [0, 0.05) is 0 Å². The maximum absolute atomic E-state index is 12.4. The number of aromatic nitrogens is 1. The zero-order chi connectivity index (χ0) is 15.7. The van der Waals surface area contributed by atoms with Gasteiger partial charge in [0.25, 0.3) is 5.22 Å². The fourth-order valence-corrected chi connectivity index (χ4v) is 2.95. The summed E-state index contributed by atoms with van der Waals surface area (Å²) in [5, 5.41) is 3.23. The molecule has 1 aromatic heterocycles. The number of amides is 2. The van der Waals surface area contributed by atoms with Crippen molar-refractivity contribution in [2.75, 3.05) is 22.5 Å². The standard InChI is InChI=1S/C15H15N3O3S/c1-9-10(2)21-15(16-9)22-8-14(20)18-7-13(19)17-11-5-3-4-6-12(11)18/h3-6H,7-8H2,1-2H3,(H,17,19). The molecule has 2 heterocycles. The number of para-hydroxylation sites is 2. The van der Waals surface area contributed by atoms with E-state index in [1.54, 1.807) is 6.07 Å². The number of carbonyl (C=O) groups excluding carboxylic acids is 2. The second-order valence-corrected chi connectivity index (χ2v) is 5.88. The first-order chi connectivity index (χ1) is 10.5. The number of hydrogen-bond donors (Lipinski definition) is 1. The summed E-state index contributed by atoms with van der Waals surface area (Å²) in [7, 11) is 0. The van der Waals surface area contributed by atoms with E-state index in [1.165, 1.54) is 16.7 Å². The second kappa shape index (κ2) is 5.84. The van der Waals surface area contributed by atoms with Gasteiger partial charge in [0.15, 0.2) is 0 Å². The van der Waals surface area contributed by atoms with E-state index in [-0.39, 0.29) is 24.1 Å². The minimum Gasteiger partial charge on any atom is -0.437 e. The van der Waals surface area contributed by atoms with Crippen LogP contribution in [0.3, 0.4) is 0 Å². The van der Waals surface area contributed by atoms with E-state index in [1.807, 2.05) is 32.0 Å². The average Bonchev–Trinajstić information content (AvgIpc) is 2.82. The Morgan fingerprint density at radius 3 is 2.91 bits per heavy atom. The van der Waals surface area contributed by atoms with Crippen molar-refractivity contribution in [2.45, 2.75) is 19.1 Å². The number of carbonyl (C=O) groups is 2. The Morgan fingerprint density at radius 2 is 2.18 bits per heavy atom. The Hall–Kier alpha value is -2.28. The minimum absolute atomic E-state index is 0.0278. The lowest BCUT2D eigenvalue weighted by atomic mass is 10.2. The molecule has 0 spiro atoms. The predicted octanol–water partition coefficient (Wildman–Crippen LogP) is 2.37. The Labute approximate surface area is 131 Å². The van der Waals surface area contributed by atoms with Gasteiger partial charge in [-0.25, -0.2) is 4.98 Å². The highest BCUT2D eigenvalue weighted by Crippen LogP contribution is 2.30. The number of fused-ring (bicyclic) bond motifs is 1. The smallest absolute Gasteiger partial charge is 0.256 e. The van der Waals surface area contributed by atoms with E-state index in [9.17, 15) is 9.59 Å². The molecule has 2 aromatic rings. The largest absolute Gasteiger partial charge is 0.437 e. The number of oxazole rings is 1. The molecule has 114 valence electrons. The number of thioether (sulfide) groups is 1. The van der Waals surface area contributed by atoms with Crippen LogP contribution in [0.4, 0.5) is 11.4 Å². The lowest BCUT2D eigenvalue weighted by molar-refractivity contribution is -0.120. The van der Waals surface area contributed by atoms with Crippen LogP contribution in [0.25, 0.3) is 0 Å². The molecule has 0 saturated heterocycles. The summed E-state index contributed by atoms with van der Waals surface area (Å²) < 4.78 is 5.44. The molecule has 0 atom stereocenters. The fraction of sp³-hybridized carbons (Fsp3) is 0.267. The van der Waals surface area contributed by atoms with E-state index in [0.717, 1.165) is 11.5 Å². The van der Waals surface area contributed by atoms with Crippen molar-refractivity contribution in [3.8, 4) is 0 Å². The molecule has 0 fully saturated rings. The third-order valence-corrected chi connectivity index (χ3v) is 4.21. The molecule has 1 aromatic carbocycles. The molecule has 0 saturated carbocycles. The van der Waals surface area contributed by atoms with Crippen LogP contribution in [0.2, 0.25) is 0 Å². The molecule has 2 amide bonds. The summed E-state index contributed by atoms with van der Waals surface area (Å²) in [6, 6.07) is 7.25. The molecule has 0 aliphatic carbocycles. The first kappa shape index (κ1) is 14.6. The fourth-order valence-electron chi connectivity index (χ4n) is 2.16. The van der Waals surface area contributed by atoms with E-state index < -0.39 is 0 Å². The van der Waals surface area contributed by atoms with Crippen LogP contribution in [0.15, 0.2) is 33.9 Å². The van der Waals surface area contributed by atoms with Crippen LogP contribution in [-0.2, 0) is 9.59 Å². The van der Waals surface area contributed by atoms with Crippen LogP contribution in [0.5, 0.6) is 0 Å². The molecule has 7 heteroatoms. The van der Waals surface area contributed by atoms with Crippen molar-refractivity contribution in [2.24, 2.45) is 0 Å². The number of rotatable bonds is 3. The Kier molecular flexibility index (Phi) is 3.89. The van der Waals surface area contributed by atoms with Crippen LogP contribution >= 0.6 is 11.8 Å². The summed E-state index contributed by atoms with van der Waals surface area (Å²) in [6.07, 6.45) is 0. The Balaban J connectivity index is 1.73. The van der Waals surface area contributed by atoms with Crippen molar-refractivity contribution < 1.29 is 14.0 Å². The van der Waals surface area contributed by atoms with E-state index in [4.69, 9.17) is 4.42 Å². The van der Waals surface area contributed by atoms with Crippen LogP contribution in [0, 0.1) is 13.8 Å². The van der Waals surface area contributed by atoms with Crippen LogP contribution in [-0.4, -0.2) is 29.1 Å². The van der Waals surface area contributed by atoms with Crippen molar-refractivity contribution in [1.29, 1.82) is 0 Å². The third kappa shape index (κ3) is 2.85. The topological polar surface area (TPSA) is 75.4 Å². The van der Waals surface area contributed by atoms with Crippen molar-refractivity contribution in [1.82, 2.24) is 4.98 Å². The summed E-state index contributed by atoms with van der Waals surface area (Å²) >= 11 is 1.23. The van der Waals surface area contributed by atoms with Crippen LogP contribution in [0.1, 0.15) is 11.5 Å². The summed E-state index contributed by atoms with van der Waals surface area (Å²) in [4.78, 5) is 29.9. The zero-order valence-electron chi connectivity index (χ0n) is 12.3. The predicted molar refractivity (Wildman–Crippen MR) is 84.1 cm³/mol. The highest BCUT2D eigenvalue weighted by Gasteiger charge is 2.26. The van der Waals surface area contributed by atoms with Gasteiger partial charge in [0.2, 0.25) is 11.8 Å². The lowest BCUT2D eigenvalue weighted by Gasteiger charge is -2.28. The average molecular weight is 317 g/mol. The molecule has 6 nitrogen and oxygen atoms in total. The van der Waals surface area contributed by atoms with Gasteiger partial charge < -0.3 is 14.6 Å². The molecule has 1 aliphatic heterocycles. The monoisotopic (exact) mass is 317 g/mol. The molecular formula is C15H15N3O3S. The molecular weight excluding hydrogens is 302 g/mol. The number of hydrogen-bond acceptors (Lipinski definition) is 5. The number of aryl methyl sites for hydroxylation is 2. The quantitative estimate of drug-likeness (QED) is 0.880. The van der Waals surface area contributed by atoms with Gasteiger partial charge in [-0.15, -0.1) is 0 Å². The summed E-state index contributed by atoms with van der Waals surface area (Å²) in [5.74, 6) is 0.569. The zero-order valence-corrected chi connectivity index (χ0v) is 13.1. The lowest BCUT2D eigenvalue weighted by Crippen LogP contribution is -2.43. The number of nitrogens with zero attached hydrogens (tertiary/aromatic N) is 2. The first-order valence-electron chi connectivity index (χ1n) is 6.80. The number of nitrogens with one attached hydrogen (secondary N) is 1. The van der Waals surface area contributed by atoms with Gasteiger partial charge >= 0.3 is 0 Å². The van der Waals surface area contributed by atoms with Crippen molar-refractivity contribution in [3.63, 3.8) is 0 Å². The van der Waals surface area contributed by atoms with Crippen molar-refractivity contribution >= 4 is 35.0 Å². The van der Waals surface area contributed by atoms with E-state index in [0.29, 0.717) is 16.6 Å². The number of benzene rings is 1. The maximum atomic E-state index is 12.4. The molecule has 22 heavy (non-hydrogen) atoms. The van der Waals surface area contributed by atoms with Gasteiger partial charge in [-0.2, -0.15) is 0 Å². The van der Waals surface area contributed by atoms with Gasteiger partial charge in [0.1, 0.15) is 12.3 Å². The molecule has 3 rings (SSSR count). The molecule has 1 N–H and O–H groups in total. The first-order valence-corrected chi connectivity index (χ1v) is 7.79. The van der Waals surface area contributed by atoms with Gasteiger partial charge in [-0.3, -0.25) is 9.59 Å². The van der Waals surface area contributed by atoms with E-state index in [2.05, 4.69) is 10.3 Å². The SMILES string of the molecule is Cc1nc(SCC(=O)N2CC(=O)Nc3ccccc32)oc1C.